The number of hydrogen-bond donors (Lipinski definition) is 1. The molecule has 1 aromatic heterocycles. The lowest BCUT2D eigenvalue weighted by molar-refractivity contribution is 0.340. The van der Waals surface area contributed by atoms with Crippen LogP contribution < -0.4 is 10.5 Å². The van der Waals surface area contributed by atoms with Crippen molar-refractivity contribution in [1.29, 1.82) is 0 Å². The minimum Gasteiger partial charge on any atom is -0.492 e. The second-order valence-electron chi connectivity index (χ2n) is 4.02. The van der Waals surface area contributed by atoms with Gasteiger partial charge in [-0.1, -0.05) is 22.0 Å². The number of sulfone groups is 1. The van der Waals surface area contributed by atoms with Crippen molar-refractivity contribution in [3.05, 3.63) is 47.1 Å². The van der Waals surface area contributed by atoms with E-state index in [1.165, 1.54) is 12.3 Å². The fraction of sp³-hybridized carbons (Fsp3) is 0.154. The van der Waals surface area contributed by atoms with E-state index in [0.29, 0.717) is 5.75 Å². The van der Waals surface area contributed by atoms with E-state index in [0.717, 1.165) is 4.47 Å². The summed E-state index contributed by atoms with van der Waals surface area (Å²) in [5.41, 5.74) is 5.77. The highest BCUT2D eigenvalue weighted by Crippen LogP contribution is 2.19. The number of nitrogen functional groups attached to an aromatic ring is 1. The van der Waals surface area contributed by atoms with E-state index in [1.54, 1.807) is 18.2 Å². The van der Waals surface area contributed by atoms with Gasteiger partial charge >= 0.3 is 0 Å². The van der Waals surface area contributed by atoms with Crippen LogP contribution >= 0.6 is 15.9 Å². The third kappa shape index (κ3) is 3.71. The van der Waals surface area contributed by atoms with E-state index in [-0.39, 0.29) is 23.1 Å². The molecule has 20 heavy (non-hydrogen) atoms. The van der Waals surface area contributed by atoms with Crippen molar-refractivity contribution in [3.63, 3.8) is 0 Å². The first-order chi connectivity index (χ1) is 9.49. The molecule has 0 fully saturated rings. The Balaban J connectivity index is 2.02. The molecule has 0 saturated heterocycles. The van der Waals surface area contributed by atoms with Gasteiger partial charge in [0.2, 0.25) is 9.84 Å². The molecule has 2 rings (SSSR count). The standard InChI is InChI=1S/C13H13BrN2O3S/c14-10-3-1-4-11(9-10)19-7-8-20(17,18)13-12(15)5-2-6-16-13/h1-6,9H,7-8,15H2. The van der Waals surface area contributed by atoms with E-state index in [9.17, 15) is 8.42 Å². The van der Waals surface area contributed by atoms with Crippen LogP contribution in [0.25, 0.3) is 0 Å². The average molecular weight is 357 g/mol. The van der Waals surface area contributed by atoms with Crippen molar-refractivity contribution in [3.8, 4) is 5.75 Å². The van der Waals surface area contributed by atoms with Gasteiger partial charge in [0.15, 0.2) is 5.03 Å². The monoisotopic (exact) mass is 356 g/mol. The fourth-order valence-corrected chi connectivity index (χ4v) is 3.11. The van der Waals surface area contributed by atoms with E-state index in [4.69, 9.17) is 10.5 Å². The van der Waals surface area contributed by atoms with Gasteiger partial charge in [-0.3, -0.25) is 0 Å². The number of benzene rings is 1. The molecular weight excluding hydrogens is 344 g/mol. The number of pyridine rings is 1. The Bertz CT molecular complexity index is 704. The summed E-state index contributed by atoms with van der Waals surface area (Å²) in [7, 11) is -3.54. The fourth-order valence-electron chi connectivity index (χ4n) is 1.59. The van der Waals surface area contributed by atoms with Gasteiger partial charge in [-0.15, -0.1) is 0 Å². The summed E-state index contributed by atoms with van der Waals surface area (Å²) >= 11 is 3.32. The van der Waals surface area contributed by atoms with Gasteiger partial charge in [0.1, 0.15) is 12.4 Å². The maximum Gasteiger partial charge on any atom is 0.201 e. The van der Waals surface area contributed by atoms with Crippen LogP contribution in [0.5, 0.6) is 5.75 Å². The third-order valence-corrected chi connectivity index (χ3v) is 4.64. The van der Waals surface area contributed by atoms with Gasteiger partial charge in [-0.2, -0.15) is 0 Å². The van der Waals surface area contributed by atoms with Crippen LogP contribution in [0, 0.1) is 0 Å². The van der Waals surface area contributed by atoms with Gasteiger partial charge in [0.25, 0.3) is 0 Å². The number of nitrogens with two attached hydrogens (primary N) is 1. The van der Waals surface area contributed by atoms with Crippen molar-refractivity contribution in [2.45, 2.75) is 5.03 Å². The Kier molecular flexibility index (Phi) is 4.61. The quantitative estimate of drug-likeness (QED) is 0.888. The molecule has 2 N–H and O–H groups in total. The highest BCUT2D eigenvalue weighted by atomic mass is 79.9. The first-order valence-corrected chi connectivity index (χ1v) is 8.25. The van der Waals surface area contributed by atoms with Crippen LogP contribution in [0.2, 0.25) is 0 Å². The van der Waals surface area contributed by atoms with E-state index in [1.807, 2.05) is 12.1 Å². The minimum atomic E-state index is -3.54. The molecule has 2 aromatic rings. The Hall–Kier alpha value is -1.60. The van der Waals surface area contributed by atoms with Crippen LogP contribution in [0.15, 0.2) is 52.1 Å². The number of hydrogen-bond acceptors (Lipinski definition) is 5. The molecule has 106 valence electrons. The molecule has 0 spiro atoms. The predicted octanol–water partition coefficient (Wildman–Crippen LogP) is 2.28. The van der Waals surface area contributed by atoms with Crippen molar-refractivity contribution in [1.82, 2.24) is 4.98 Å². The largest absolute Gasteiger partial charge is 0.492 e. The Morgan fingerprint density at radius 2 is 2.05 bits per heavy atom. The Morgan fingerprint density at radius 1 is 1.25 bits per heavy atom. The summed E-state index contributed by atoms with van der Waals surface area (Å²) in [5.74, 6) is 0.421. The SMILES string of the molecule is Nc1cccnc1S(=O)(=O)CCOc1cccc(Br)c1. The van der Waals surface area contributed by atoms with Crippen molar-refractivity contribution < 1.29 is 13.2 Å². The molecule has 0 aliphatic carbocycles. The molecule has 0 radical (unpaired) electrons. The third-order valence-electron chi connectivity index (χ3n) is 2.51. The zero-order chi connectivity index (χ0) is 14.6. The van der Waals surface area contributed by atoms with Crippen molar-refractivity contribution in [2.24, 2.45) is 0 Å². The molecule has 0 amide bonds. The van der Waals surface area contributed by atoms with Gasteiger partial charge in [0.05, 0.1) is 11.4 Å². The molecule has 0 unspecified atom stereocenters. The highest BCUT2D eigenvalue weighted by Gasteiger charge is 2.19. The lowest BCUT2D eigenvalue weighted by Gasteiger charge is -2.08. The topological polar surface area (TPSA) is 82.3 Å². The Morgan fingerprint density at radius 3 is 2.75 bits per heavy atom. The van der Waals surface area contributed by atoms with E-state index < -0.39 is 9.84 Å². The molecule has 1 heterocycles. The molecule has 0 aliphatic rings. The summed E-state index contributed by atoms with van der Waals surface area (Å²) in [6.45, 7) is 0.0365. The normalized spacial score (nSPS) is 11.2. The van der Waals surface area contributed by atoms with Crippen LogP contribution in [0.4, 0.5) is 5.69 Å². The van der Waals surface area contributed by atoms with Crippen LogP contribution in [-0.4, -0.2) is 25.8 Å². The van der Waals surface area contributed by atoms with Gasteiger partial charge in [-0.25, -0.2) is 13.4 Å². The first kappa shape index (κ1) is 14.8. The number of aromatic nitrogens is 1. The zero-order valence-electron chi connectivity index (χ0n) is 10.5. The maximum atomic E-state index is 12.1. The summed E-state index contributed by atoms with van der Waals surface area (Å²) in [6, 6.07) is 10.3. The number of anilines is 1. The molecule has 0 saturated carbocycles. The highest BCUT2D eigenvalue weighted by molar-refractivity contribution is 9.10. The number of rotatable bonds is 5. The molecular formula is C13H13BrN2O3S. The number of halogens is 1. The van der Waals surface area contributed by atoms with Crippen molar-refractivity contribution >= 4 is 31.5 Å². The van der Waals surface area contributed by atoms with E-state index >= 15 is 0 Å². The van der Waals surface area contributed by atoms with Gasteiger partial charge < -0.3 is 10.5 Å². The Labute approximate surface area is 125 Å². The second-order valence-corrected chi connectivity index (χ2v) is 6.96. The zero-order valence-corrected chi connectivity index (χ0v) is 12.9. The van der Waals surface area contributed by atoms with Crippen LogP contribution in [-0.2, 0) is 9.84 Å². The number of ether oxygens (including phenoxy) is 1. The average Bonchev–Trinajstić information content (AvgIpc) is 2.39. The molecule has 7 heteroatoms. The maximum absolute atomic E-state index is 12.1. The lowest BCUT2D eigenvalue weighted by atomic mass is 10.3. The summed E-state index contributed by atoms with van der Waals surface area (Å²) in [6.07, 6.45) is 1.40. The van der Waals surface area contributed by atoms with Crippen molar-refractivity contribution in [2.75, 3.05) is 18.1 Å². The van der Waals surface area contributed by atoms with Crippen LogP contribution in [0.3, 0.4) is 0 Å². The van der Waals surface area contributed by atoms with Gasteiger partial charge in [-0.05, 0) is 30.3 Å². The minimum absolute atomic E-state index is 0.0365. The smallest absolute Gasteiger partial charge is 0.201 e. The predicted molar refractivity (Wildman–Crippen MR) is 80.3 cm³/mol. The molecule has 0 atom stereocenters. The second kappa shape index (κ2) is 6.23. The van der Waals surface area contributed by atoms with Crippen LogP contribution in [0.1, 0.15) is 0 Å². The van der Waals surface area contributed by atoms with E-state index in [2.05, 4.69) is 20.9 Å². The molecule has 0 aliphatic heterocycles. The molecule has 5 nitrogen and oxygen atoms in total. The summed E-state index contributed by atoms with van der Waals surface area (Å²) < 4.78 is 30.4. The molecule has 1 aromatic carbocycles. The molecule has 0 bridgehead atoms. The summed E-state index contributed by atoms with van der Waals surface area (Å²) in [4.78, 5) is 3.81. The lowest BCUT2D eigenvalue weighted by Crippen LogP contribution is -2.16. The summed E-state index contributed by atoms with van der Waals surface area (Å²) in [5, 5.41) is -0.0992. The van der Waals surface area contributed by atoms with Gasteiger partial charge in [0, 0.05) is 10.7 Å². The number of nitrogens with zero attached hydrogens (tertiary/aromatic N) is 1. The first-order valence-electron chi connectivity index (χ1n) is 5.81.